The number of nitrogens with zero attached hydrogens (tertiary/aromatic N) is 4. The number of rotatable bonds is 5. The summed E-state index contributed by atoms with van der Waals surface area (Å²) in [6, 6.07) is 14.4. The third-order valence-electron chi connectivity index (χ3n) is 5.71. The first-order valence-electron chi connectivity index (χ1n) is 10.2. The van der Waals surface area contributed by atoms with Gasteiger partial charge in [0, 0.05) is 24.2 Å². The van der Waals surface area contributed by atoms with Crippen LogP contribution in [0.2, 0.25) is 0 Å². The SMILES string of the molecule is O=C(CCn1cnc2ccccc21)N[C@@H]1CCCc2c1cnn2-c1ccccc1F. The van der Waals surface area contributed by atoms with Crippen LogP contribution in [-0.2, 0) is 17.8 Å². The summed E-state index contributed by atoms with van der Waals surface area (Å²) in [5.41, 5.74) is 4.34. The molecule has 0 saturated carbocycles. The normalized spacial score (nSPS) is 15.8. The molecule has 1 aliphatic rings. The molecule has 0 bridgehead atoms. The van der Waals surface area contributed by atoms with Gasteiger partial charge in [0.1, 0.15) is 11.5 Å². The number of benzene rings is 2. The van der Waals surface area contributed by atoms with E-state index in [4.69, 9.17) is 0 Å². The topological polar surface area (TPSA) is 64.7 Å². The van der Waals surface area contributed by atoms with Crippen LogP contribution in [0, 0.1) is 5.82 Å². The minimum absolute atomic E-state index is 0.00993. The van der Waals surface area contributed by atoms with Gasteiger partial charge < -0.3 is 9.88 Å². The minimum Gasteiger partial charge on any atom is -0.349 e. The summed E-state index contributed by atoms with van der Waals surface area (Å²) in [5.74, 6) is -0.314. The van der Waals surface area contributed by atoms with Crippen LogP contribution in [0.5, 0.6) is 0 Å². The van der Waals surface area contributed by atoms with Crippen LogP contribution >= 0.6 is 0 Å². The van der Waals surface area contributed by atoms with Gasteiger partial charge in [-0.3, -0.25) is 4.79 Å². The summed E-state index contributed by atoms with van der Waals surface area (Å²) in [7, 11) is 0. The van der Waals surface area contributed by atoms with E-state index in [1.807, 2.05) is 28.8 Å². The average molecular weight is 403 g/mol. The molecular weight excluding hydrogens is 381 g/mol. The molecule has 0 saturated heterocycles. The Hall–Kier alpha value is -3.48. The Morgan fingerprint density at radius 3 is 2.90 bits per heavy atom. The van der Waals surface area contributed by atoms with Crippen LogP contribution in [0.25, 0.3) is 16.7 Å². The zero-order valence-corrected chi connectivity index (χ0v) is 16.5. The fourth-order valence-corrected chi connectivity index (χ4v) is 4.21. The van der Waals surface area contributed by atoms with Gasteiger partial charge in [0.05, 0.1) is 29.6 Å². The molecule has 1 amide bonds. The number of nitrogens with one attached hydrogen (secondary N) is 1. The Labute approximate surface area is 173 Å². The number of carbonyl (C=O) groups is 1. The summed E-state index contributed by atoms with van der Waals surface area (Å²) < 4.78 is 17.9. The van der Waals surface area contributed by atoms with Gasteiger partial charge >= 0.3 is 0 Å². The number of aromatic nitrogens is 4. The second-order valence-electron chi connectivity index (χ2n) is 7.60. The Bertz CT molecular complexity index is 1210. The molecule has 0 aliphatic heterocycles. The van der Waals surface area contributed by atoms with E-state index in [1.165, 1.54) is 6.07 Å². The molecule has 0 radical (unpaired) electrons. The van der Waals surface area contributed by atoms with E-state index >= 15 is 0 Å². The second-order valence-corrected chi connectivity index (χ2v) is 7.60. The number of para-hydroxylation sites is 3. The number of carbonyl (C=O) groups excluding carboxylic acids is 1. The molecule has 2 aromatic heterocycles. The maximum Gasteiger partial charge on any atom is 0.222 e. The molecule has 0 fully saturated rings. The van der Waals surface area contributed by atoms with Crippen LogP contribution in [-0.4, -0.2) is 25.2 Å². The monoisotopic (exact) mass is 403 g/mol. The lowest BCUT2D eigenvalue weighted by Gasteiger charge is -2.24. The third-order valence-corrected chi connectivity index (χ3v) is 5.71. The largest absolute Gasteiger partial charge is 0.349 e. The number of hydrogen-bond donors (Lipinski definition) is 1. The quantitative estimate of drug-likeness (QED) is 0.549. The number of hydrogen-bond acceptors (Lipinski definition) is 3. The van der Waals surface area contributed by atoms with Crippen molar-refractivity contribution in [2.24, 2.45) is 0 Å². The highest BCUT2D eigenvalue weighted by Gasteiger charge is 2.26. The van der Waals surface area contributed by atoms with Crippen molar-refractivity contribution in [1.82, 2.24) is 24.6 Å². The van der Waals surface area contributed by atoms with Gasteiger partial charge in [-0.25, -0.2) is 14.1 Å². The first-order chi connectivity index (χ1) is 14.7. The summed E-state index contributed by atoms with van der Waals surface area (Å²) in [6.07, 6.45) is 6.50. The van der Waals surface area contributed by atoms with Crippen molar-refractivity contribution in [1.29, 1.82) is 0 Å². The number of imidazole rings is 1. The predicted molar refractivity (Wildman–Crippen MR) is 112 cm³/mol. The van der Waals surface area contributed by atoms with E-state index in [0.29, 0.717) is 18.7 Å². The van der Waals surface area contributed by atoms with Crippen LogP contribution in [0.3, 0.4) is 0 Å². The molecule has 4 aromatic rings. The maximum atomic E-state index is 14.2. The first-order valence-corrected chi connectivity index (χ1v) is 10.2. The van der Waals surface area contributed by atoms with Crippen LogP contribution in [0.15, 0.2) is 61.1 Å². The molecule has 30 heavy (non-hydrogen) atoms. The van der Waals surface area contributed by atoms with Crippen molar-refractivity contribution in [3.05, 3.63) is 78.1 Å². The number of amides is 1. The van der Waals surface area contributed by atoms with Crippen molar-refractivity contribution in [2.45, 2.75) is 38.3 Å². The van der Waals surface area contributed by atoms with Crippen molar-refractivity contribution in [2.75, 3.05) is 0 Å². The predicted octanol–water partition coefficient (Wildman–Crippen LogP) is 3.95. The van der Waals surface area contributed by atoms with Crippen molar-refractivity contribution >= 4 is 16.9 Å². The Kier molecular flexibility index (Phi) is 4.78. The highest BCUT2D eigenvalue weighted by Crippen LogP contribution is 2.31. The second kappa shape index (κ2) is 7.74. The smallest absolute Gasteiger partial charge is 0.222 e. The molecule has 6 nitrogen and oxygen atoms in total. The molecule has 1 N–H and O–H groups in total. The molecule has 7 heteroatoms. The summed E-state index contributed by atoms with van der Waals surface area (Å²) in [5, 5.41) is 7.57. The van der Waals surface area contributed by atoms with Crippen LogP contribution in [0.4, 0.5) is 4.39 Å². The number of fused-ring (bicyclic) bond motifs is 2. The Balaban J connectivity index is 1.30. The molecule has 2 aromatic carbocycles. The highest BCUT2D eigenvalue weighted by molar-refractivity contribution is 5.78. The lowest BCUT2D eigenvalue weighted by atomic mass is 9.92. The van der Waals surface area contributed by atoms with E-state index in [-0.39, 0.29) is 17.8 Å². The van der Waals surface area contributed by atoms with Crippen molar-refractivity contribution < 1.29 is 9.18 Å². The third kappa shape index (κ3) is 3.36. The highest BCUT2D eigenvalue weighted by atomic mass is 19.1. The van der Waals surface area contributed by atoms with Crippen molar-refractivity contribution in [3.8, 4) is 5.69 Å². The summed E-state index contributed by atoms with van der Waals surface area (Å²) in [4.78, 5) is 17.0. The Morgan fingerprint density at radius 1 is 1.17 bits per heavy atom. The van der Waals surface area contributed by atoms with E-state index in [0.717, 1.165) is 41.6 Å². The van der Waals surface area contributed by atoms with Gasteiger partial charge in [0.25, 0.3) is 0 Å². The van der Waals surface area contributed by atoms with Gasteiger partial charge in [0.15, 0.2) is 0 Å². The minimum atomic E-state index is -0.304. The molecule has 0 unspecified atom stereocenters. The van der Waals surface area contributed by atoms with E-state index in [9.17, 15) is 9.18 Å². The van der Waals surface area contributed by atoms with Crippen LogP contribution < -0.4 is 5.32 Å². The zero-order valence-electron chi connectivity index (χ0n) is 16.5. The van der Waals surface area contributed by atoms with E-state index in [2.05, 4.69) is 15.4 Å². The maximum absolute atomic E-state index is 14.2. The zero-order chi connectivity index (χ0) is 20.5. The Morgan fingerprint density at radius 2 is 2.00 bits per heavy atom. The van der Waals surface area contributed by atoms with Gasteiger partial charge in [0.2, 0.25) is 5.91 Å². The lowest BCUT2D eigenvalue weighted by molar-refractivity contribution is -0.122. The van der Waals surface area contributed by atoms with Crippen LogP contribution in [0.1, 0.15) is 36.6 Å². The lowest BCUT2D eigenvalue weighted by Crippen LogP contribution is -2.31. The first kappa shape index (κ1) is 18.5. The molecule has 1 aliphatic carbocycles. The molecule has 152 valence electrons. The van der Waals surface area contributed by atoms with Gasteiger partial charge in [-0.05, 0) is 43.5 Å². The molecule has 2 heterocycles. The van der Waals surface area contributed by atoms with E-state index < -0.39 is 0 Å². The number of halogens is 1. The summed E-state index contributed by atoms with van der Waals surface area (Å²) in [6.45, 7) is 0.570. The summed E-state index contributed by atoms with van der Waals surface area (Å²) >= 11 is 0. The number of aryl methyl sites for hydroxylation is 1. The van der Waals surface area contributed by atoms with Gasteiger partial charge in [-0.1, -0.05) is 24.3 Å². The molecule has 5 rings (SSSR count). The van der Waals surface area contributed by atoms with Gasteiger partial charge in [-0.15, -0.1) is 0 Å². The van der Waals surface area contributed by atoms with E-state index in [1.54, 1.807) is 35.4 Å². The fraction of sp³-hybridized carbons (Fsp3) is 0.261. The standard InChI is InChI=1S/C23H22FN5O/c24-17-6-1-3-9-21(17)29-20-11-5-8-18(16(20)14-26-29)27-23(30)12-13-28-15-25-19-7-2-4-10-22(19)28/h1-4,6-7,9-10,14-15,18H,5,8,11-13H2,(H,27,30)/t18-/m1/s1. The van der Waals surface area contributed by atoms with Crippen molar-refractivity contribution in [3.63, 3.8) is 0 Å². The molecular formula is C23H22FN5O. The van der Waals surface area contributed by atoms with Gasteiger partial charge in [-0.2, -0.15) is 5.10 Å². The fourth-order valence-electron chi connectivity index (χ4n) is 4.21. The average Bonchev–Trinajstić information content (AvgIpc) is 3.38. The molecule has 1 atom stereocenters. The molecule has 0 spiro atoms.